The second-order valence-corrected chi connectivity index (χ2v) is 34.5. The zero-order chi connectivity index (χ0) is 65.9. The Bertz CT molecular complexity index is 3440. The summed E-state index contributed by atoms with van der Waals surface area (Å²) in [7, 11) is 0. The third kappa shape index (κ3) is 9.95. The van der Waals surface area contributed by atoms with E-state index < -0.39 is 40.7 Å². The topological polar surface area (TPSA) is 245 Å². The van der Waals surface area contributed by atoms with Crippen LogP contribution >= 0.6 is 12.4 Å². The molecule has 15 heteroatoms. The molecule has 10 aliphatic carbocycles. The lowest BCUT2D eigenvalue weighted by Gasteiger charge is -2.70. The van der Waals surface area contributed by atoms with Crippen molar-refractivity contribution in [3.8, 4) is 0 Å². The van der Waals surface area contributed by atoms with Gasteiger partial charge in [-0.2, -0.15) is 0 Å². The van der Waals surface area contributed by atoms with E-state index in [1.54, 1.807) is 42.5 Å². The lowest BCUT2D eigenvalue weighted by atomic mass is 9.33. The molecule has 0 bridgehead atoms. The van der Waals surface area contributed by atoms with E-state index in [1.807, 2.05) is 19.9 Å². The predicted octanol–water partition coefficient (Wildman–Crippen LogP) is 15.3. The minimum Gasteiger partial charge on any atom is -0.481 e. The number of nitrogens with one attached hydrogen (secondary N) is 1. The number of carboxylic acids is 3. The van der Waals surface area contributed by atoms with E-state index in [-0.39, 0.29) is 131 Å². The molecular weight excluding hydrogens is 1170 g/mol. The second kappa shape index (κ2) is 22.3. The van der Waals surface area contributed by atoms with Crippen molar-refractivity contribution in [2.24, 2.45) is 106 Å². The van der Waals surface area contributed by atoms with E-state index >= 15 is 0 Å². The molecular formula is C76H103ClN2O12. The smallest absolute Gasteiger partial charge is 0.346 e. The molecule has 0 aromatic heterocycles. The van der Waals surface area contributed by atoms with Crippen LogP contribution in [0.25, 0.3) is 0 Å². The fourth-order valence-electron chi connectivity index (χ4n) is 23.2. The number of esters is 2. The van der Waals surface area contributed by atoms with Crippen LogP contribution in [0.5, 0.6) is 0 Å². The monoisotopic (exact) mass is 1270 g/mol. The fourth-order valence-corrected chi connectivity index (χ4v) is 23.2. The molecule has 0 spiro atoms. The molecule has 6 N–H and O–H groups in total. The average Bonchev–Trinajstić information content (AvgIpc) is 1.02. The Morgan fingerprint density at radius 1 is 0.495 bits per heavy atom. The zero-order valence-electron chi connectivity index (χ0n) is 56.6. The highest BCUT2D eigenvalue weighted by Crippen LogP contribution is 2.77. The number of aliphatic carboxylic acids is 2. The van der Waals surface area contributed by atoms with Crippen molar-refractivity contribution in [3.05, 3.63) is 94.1 Å². The molecule has 13 rings (SSSR count). The van der Waals surface area contributed by atoms with Gasteiger partial charge in [-0.25, -0.2) is 14.4 Å². The highest BCUT2D eigenvalue weighted by Gasteiger charge is 2.73. The lowest BCUT2D eigenvalue weighted by Crippen LogP contribution is -2.67. The normalized spacial score (nSPS) is 43.5. The van der Waals surface area contributed by atoms with Crippen LogP contribution in [0, 0.1) is 100 Å². The maximum absolute atomic E-state index is 14.6. The Labute approximate surface area is 545 Å². The van der Waals surface area contributed by atoms with Crippen LogP contribution in [-0.4, -0.2) is 74.7 Å². The Kier molecular flexibility index (Phi) is 16.8. The molecule has 0 radical (unpaired) electrons. The number of ketones is 2. The van der Waals surface area contributed by atoms with E-state index in [2.05, 4.69) is 99.2 Å². The van der Waals surface area contributed by atoms with Gasteiger partial charge >= 0.3 is 29.8 Å². The maximum atomic E-state index is 14.6. The molecule has 2 aromatic rings. The summed E-state index contributed by atoms with van der Waals surface area (Å²) in [6, 6.07) is 12.9. The van der Waals surface area contributed by atoms with Crippen LogP contribution in [0.2, 0.25) is 0 Å². The quantitative estimate of drug-likeness (QED) is 0.138. The Hall–Kier alpha value is -5.47. The number of amides is 1. The van der Waals surface area contributed by atoms with Gasteiger partial charge in [-0.1, -0.05) is 118 Å². The van der Waals surface area contributed by atoms with Gasteiger partial charge in [0.15, 0.2) is 11.6 Å². The van der Waals surface area contributed by atoms with Crippen molar-refractivity contribution in [2.75, 3.05) is 0 Å². The van der Waals surface area contributed by atoms with Gasteiger partial charge in [-0.3, -0.25) is 24.0 Å². The second-order valence-electron chi connectivity index (χ2n) is 34.5. The molecule has 1 amide bonds. The van der Waals surface area contributed by atoms with E-state index in [9.17, 15) is 53.7 Å². The first-order valence-electron chi connectivity index (χ1n) is 33.9. The predicted molar refractivity (Wildman–Crippen MR) is 350 cm³/mol. The van der Waals surface area contributed by atoms with Gasteiger partial charge in [0.05, 0.1) is 33.1 Å². The van der Waals surface area contributed by atoms with Crippen molar-refractivity contribution in [2.45, 2.75) is 225 Å². The molecule has 2 aromatic carbocycles. The number of carbonyl (C=O) groups excluding carboxylic acids is 5. The molecule has 496 valence electrons. The number of ether oxygens (including phenoxy) is 1. The number of hydrogen-bond acceptors (Lipinski definition) is 10. The third-order valence-electron chi connectivity index (χ3n) is 29.6. The SMILES string of the molecule is CC1(C)C(N)CC[C@]2(C)[C@H]3C(=O)C=C4[C@@H]5C[C@@](C)(C(=O)O)CC[C@]5(C)CC[C@@]4(C)[C@]3(C)CC[C@@H]12.CC1(C)C(NC(=O)c2ccccc2C(=O)O)CC[C@]2(C)[C@H]3C(=O)C=C4[C@@H]5C[C@@](C)(C(=O)O)CC[C@]5(C)CC[C@@]4(C)[C@]3(C)CC[C@@H]12.Cl.O=C1OC(=O)c2ccccc21. The van der Waals surface area contributed by atoms with E-state index in [1.165, 1.54) is 17.2 Å². The highest BCUT2D eigenvalue weighted by atomic mass is 35.5. The standard InChI is InChI=1S/C38H51NO6.C30H47NO3.C8H4O3.ClH/c1-33(2)27-12-15-38(7)29(36(27,5)14-13-28(33)39-30(41)22-10-8-9-11-23(22)31(42)43)26(40)20-24-25-21-35(4,32(44)45)17-16-34(25,3)18-19-37(24,38)6;1-25(2)21-8-11-30(7)23(28(21,5)10-9-22(25)31)20(32)16-18-19-17-27(4,24(33)34)13-12-26(19,3)14-15-29(18,30)6;9-7-5-3-1-2-4-6(5)8(10)11-7;/h8-11,20,25,27-29H,12-19,21H2,1-7H3,(H,39,41)(H,42,43)(H,44,45);16,19,21-23H,8-15,17,31H2,1-7H3,(H,33,34);1-4H;1H/t25-,27-,28?,29+,34+,35-,36-,37+,38+;19-,21-,22?,23+,26+,27-,28-,29+,30+;;/m00../s1. The maximum Gasteiger partial charge on any atom is 0.346 e. The number of nitrogens with two attached hydrogens (primary N) is 1. The number of aromatic carboxylic acids is 1. The summed E-state index contributed by atoms with van der Waals surface area (Å²) in [5.74, 6) is -2.66. The molecule has 1 aliphatic heterocycles. The van der Waals surface area contributed by atoms with Gasteiger partial charge in [-0.15, -0.1) is 12.4 Å². The molecule has 14 nitrogen and oxygen atoms in total. The van der Waals surface area contributed by atoms with Gasteiger partial charge in [0, 0.05) is 23.9 Å². The van der Waals surface area contributed by atoms with Gasteiger partial charge in [0.2, 0.25) is 0 Å². The summed E-state index contributed by atoms with van der Waals surface area (Å²) in [5.41, 5.74) is 7.55. The van der Waals surface area contributed by atoms with E-state index in [0.717, 1.165) is 89.9 Å². The largest absolute Gasteiger partial charge is 0.481 e. The van der Waals surface area contributed by atoms with Crippen LogP contribution in [0.15, 0.2) is 71.8 Å². The van der Waals surface area contributed by atoms with Crippen molar-refractivity contribution >= 4 is 59.7 Å². The third-order valence-corrected chi connectivity index (χ3v) is 29.6. The molecule has 8 saturated carbocycles. The lowest BCUT2D eigenvalue weighted by molar-refractivity contribution is -0.189. The Morgan fingerprint density at radius 3 is 1.32 bits per heavy atom. The number of benzene rings is 2. The number of rotatable bonds is 5. The van der Waals surface area contributed by atoms with Crippen LogP contribution in [0.3, 0.4) is 0 Å². The van der Waals surface area contributed by atoms with Crippen molar-refractivity contribution in [1.82, 2.24) is 5.32 Å². The fraction of sp³-hybridized carbons (Fsp3) is 0.684. The summed E-state index contributed by atoms with van der Waals surface area (Å²) in [4.78, 5) is 100. The molecule has 11 aliphatic rings. The molecule has 18 atom stereocenters. The Balaban J connectivity index is 0.000000173. The van der Waals surface area contributed by atoms with Crippen molar-refractivity contribution in [1.29, 1.82) is 0 Å². The van der Waals surface area contributed by atoms with Gasteiger partial charge in [0.1, 0.15) is 0 Å². The van der Waals surface area contributed by atoms with Crippen molar-refractivity contribution < 1.29 is 58.4 Å². The first kappa shape index (κ1) is 68.4. The van der Waals surface area contributed by atoms with E-state index in [0.29, 0.717) is 48.5 Å². The first-order valence-corrected chi connectivity index (χ1v) is 33.9. The molecule has 1 heterocycles. The minimum absolute atomic E-state index is 0. The number of carbonyl (C=O) groups is 8. The number of carboxylic acid groups (broad SMARTS) is 3. The average molecular weight is 1270 g/mol. The number of halogens is 1. The summed E-state index contributed by atoms with van der Waals surface area (Å²) < 4.78 is 4.35. The van der Waals surface area contributed by atoms with Gasteiger partial charge in [-0.05, 0) is 244 Å². The van der Waals surface area contributed by atoms with E-state index in [4.69, 9.17) is 5.73 Å². The summed E-state index contributed by atoms with van der Waals surface area (Å²) in [6.07, 6.45) is 20.4. The zero-order valence-corrected chi connectivity index (χ0v) is 57.4. The number of allylic oxidation sites excluding steroid dienone is 4. The molecule has 2 unspecified atom stereocenters. The number of fused-ring (bicyclic) bond motifs is 15. The first-order chi connectivity index (χ1) is 41.7. The van der Waals surface area contributed by atoms with Gasteiger partial charge in [0.25, 0.3) is 5.91 Å². The van der Waals surface area contributed by atoms with Crippen LogP contribution in [-0.2, 0) is 23.9 Å². The minimum atomic E-state index is -1.12. The highest BCUT2D eigenvalue weighted by molar-refractivity contribution is 6.14. The summed E-state index contributed by atoms with van der Waals surface area (Å²) in [6.45, 7) is 31.9. The van der Waals surface area contributed by atoms with Gasteiger partial charge < -0.3 is 31.1 Å². The molecule has 0 saturated heterocycles. The summed E-state index contributed by atoms with van der Waals surface area (Å²) in [5, 5.41) is 33.1. The van der Waals surface area contributed by atoms with Crippen LogP contribution < -0.4 is 11.1 Å². The molecule has 91 heavy (non-hydrogen) atoms. The number of cyclic esters (lactones) is 2. The number of hydrogen-bond donors (Lipinski definition) is 5. The van der Waals surface area contributed by atoms with Crippen LogP contribution in [0.1, 0.15) is 254 Å². The Morgan fingerprint density at radius 2 is 0.890 bits per heavy atom. The van der Waals surface area contributed by atoms with Crippen molar-refractivity contribution in [3.63, 3.8) is 0 Å². The molecule has 8 fully saturated rings. The summed E-state index contributed by atoms with van der Waals surface area (Å²) >= 11 is 0. The van der Waals surface area contributed by atoms with Crippen LogP contribution in [0.4, 0.5) is 0 Å².